The quantitative estimate of drug-likeness (QED) is 0.673. The van der Waals surface area contributed by atoms with E-state index < -0.39 is 11.7 Å². The second kappa shape index (κ2) is 8.84. The van der Waals surface area contributed by atoms with Crippen molar-refractivity contribution in [3.8, 4) is 6.07 Å². The maximum absolute atomic E-state index is 12.8. The van der Waals surface area contributed by atoms with Crippen LogP contribution in [0.5, 0.6) is 0 Å². The van der Waals surface area contributed by atoms with E-state index in [2.05, 4.69) is 5.10 Å². The molecule has 0 fully saturated rings. The normalized spacial score (nSPS) is 14.9. The zero-order chi connectivity index (χ0) is 22.6. The number of benzene rings is 2. The smallest absolute Gasteiger partial charge is 0.414 e. The SMILES string of the molecule is CCN(C(=O)OC(C)(C)C)c1ccc(C=C2C(=O)N(c3ccccc3)N=C2C#N)cc1. The Hall–Kier alpha value is -3.92. The number of carbonyl (C=O) groups excluding carboxylic acids is 2. The van der Waals surface area contributed by atoms with Gasteiger partial charge in [0.05, 0.1) is 11.3 Å². The number of nitrogens with zero attached hydrogens (tertiary/aromatic N) is 4. The van der Waals surface area contributed by atoms with E-state index in [1.54, 1.807) is 54.6 Å². The Labute approximate surface area is 181 Å². The van der Waals surface area contributed by atoms with E-state index in [9.17, 15) is 14.9 Å². The van der Waals surface area contributed by atoms with Gasteiger partial charge in [-0.1, -0.05) is 30.3 Å². The average Bonchev–Trinajstić information content (AvgIpc) is 3.04. The minimum Gasteiger partial charge on any atom is -0.443 e. The van der Waals surface area contributed by atoms with Crippen molar-refractivity contribution in [1.29, 1.82) is 5.26 Å². The molecule has 0 N–H and O–H groups in total. The van der Waals surface area contributed by atoms with Gasteiger partial charge < -0.3 is 4.74 Å². The first kappa shape index (κ1) is 21.8. The molecule has 0 aromatic heterocycles. The molecule has 1 heterocycles. The number of ether oxygens (including phenoxy) is 1. The van der Waals surface area contributed by atoms with E-state index >= 15 is 0 Å². The number of nitriles is 1. The number of carbonyl (C=O) groups is 2. The summed E-state index contributed by atoms with van der Waals surface area (Å²) in [5.74, 6) is -0.365. The van der Waals surface area contributed by atoms with Crippen molar-refractivity contribution in [3.63, 3.8) is 0 Å². The Morgan fingerprint density at radius 1 is 1.16 bits per heavy atom. The van der Waals surface area contributed by atoms with Crippen LogP contribution in [0.4, 0.5) is 16.2 Å². The van der Waals surface area contributed by atoms with Crippen LogP contribution < -0.4 is 9.91 Å². The maximum Gasteiger partial charge on any atom is 0.414 e. The van der Waals surface area contributed by atoms with Crippen LogP contribution in [0, 0.1) is 11.3 Å². The van der Waals surface area contributed by atoms with Crippen LogP contribution in [0.25, 0.3) is 6.08 Å². The summed E-state index contributed by atoms with van der Waals surface area (Å²) >= 11 is 0. The number of hydrazone groups is 1. The molecule has 0 aliphatic carbocycles. The predicted octanol–water partition coefficient (Wildman–Crippen LogP) is 4.76. The minimum atomic E-state index is -0.588. The molecule has 0 unspecified atom stereocenters. The summed E-state index contributed by atoms with van der Waals surface area (Å²) in [5, 5.41) is 14.8. The van der Waals surface area contributed by atoms with Crippen molar-refractivity contribution in [2.75, 3.05) is 16.5 Å². The summed E-state index contributed by atoms with van der Waals surface area (Å²) < 4.78 is 5.45. The van der Waals surface area contributed by atoms with Gasteiger partial charge in [0.15, 0.2) is 5.71 Å². The molecule has 0 saturated heterocycles. The molecule has 3 rings (SSSR count). The lowest BCUT2D eigenvalue weighted by molar-refractivity contribution is -0.114. The van der Waals surface area contributed by atoms with Crippen molar-refractivity contribution in [2.24, 2.45) is 5.10 Å². The van der Waals surface area contributed by atoms with Crippen molar-refractivity contribution < 1.29 is 14.3 Å². The molecule has 2 aromatic rings. The molecule has 1 aliphatic heterocycles. The van der Waals surface area contributed by atoms with Gasteiger partial charge in [0, 0.05) is 12.2 Å². The van der Waals surface area contributed by atoms with Gasteiger partial charge in [0.1, 0.15) is 11.7 Å². The summed E-state index contributed by atoms with van der Waals surface area (Å²) in [4.78, 5) is 26.8. The molecule has 0 bridgehead atoms. The highest BCUT2D eigenvalue weighted by Gasteiger charge is 2.31. The molecule has 0 saturated carbocycles. The zero-order valence-electron chi connectivity index (χ0n) is 18.0. The first-order chi connectivity index (χ1) is 14.7. The highest BCUT2D eigenvalue weighted by Crippen LogP contribution is 2.25. The van der Waals surface area contributed by atoms with Gasteiger partial charge in [0.2, 0.25) is 0 Å². The largest absolute Gasteiger partial charge is 0.443 e. The van der Waals surface area contributed by atoms with Crippen LogP contribution in [0.2, 0.25) is 0 Å². The lowest BCUT2D eigenvalue weighted by atomic mass is 10.1. The average molecular weight is 416 g/mol. The Morgan fingerprint density at radius 2 is 1.81 bits per heavy atom. The molecule has 2 amide bonds. The Morgan fingerprint density at radius 3 is 2.35 bits per heavy atom. The van der Waals surface area contributed by atoms with E-state index in [1.807, 2.05) is 39.8 Å². The number of hydrogen-bond donors (Lipinski definition) is 0. The van der Waals surface area contributed by atoms with Crippen LogP contribution in [0.1, 0.15) is 33.3 Å². The number of amides is 2. The van der Waals surface area contributed by atoms with Crippen molar-refractivity contribution >= 4 is 35.2 Å². The maximum atomic E-state index is 12.8. The third kappa shape index (κ3) is 4.98. The first-order valence-corrected chi connectivity index (χ1v) is 9.94. The third-order valence-electron chi connectivity index (χ3n) is 4.43. The Balaban J connectivity index is 1.84. The molecule has 7 heteroatoms. The summed E-state index contributed by atoms with van der Waals surface area (Å²) in [6.45, 7) is 7.77. The number of hydrogen-bond acceptors (Lipinski definition) is 5. The molecule has 1 aliphatic rings. The van der Waals surface area contributed by atoms with Gasteiger partial charge >= 0.3 is 6.09 Å². The Bertz CT molecular complexity index is 1070. The highest BCUT2D eigenvalue weighted by atomic mass is 16.6. The predicted molar refractivity (Wildman–Crippen MR) is 121 cm³/mol. The second-order valence-electron chi connectivity index (χ2n) is 7.89. The summed E-state index contributed by atoms with van der Waals surface area (Å²) in [5.41, 5.74) is 1.67. The molecular formula is C24H24N4O3. The van der Waals surface area contributed by atoms with Gasteiger partial charge in [-0.3, -0.25) is 9.69 Å². The fourth-order valence-corrected chi connectivity index (χ4v) is 3.02. The van der Waals surface area contributed by atoms with Gasteiger partial charge in [-0.15, -0.1) is 0 Å². The van der Waals surface area contributed by atoms with Crippen LogP contribution in [0.15, 0.2) is 65.3 Å². The van der Waals surface area contributed by atoms with Crippen molar-refractivity contribution in [2.45, 2.75) is 33.3 Å². The van der Waals surface area contributed by atoms with E-state index in [4.69, 9.17) is 4.74 Å². The van der Waals surface area contributed by atoms with E-state index in [1.165, 1.54) is 9.91 Å². The standard InChI is InChI=1S/C24H24N4O3/c1-5-27(23(30)31-24(2,3)4)18-13-11-17(12-14-18)15-20-21(16-25)26-28(22(20)29)19-9-7-6-8-10-19/h6-15H,5H2,1-4H3. The van der Waals surface area contributed by atoms with Crippen LogP contribution >= 0.6 is 0 Å². The van der Waals surface area contributed by atoms with E-state index in [0.717, 1.165) is 0 Å². The lowest BCUT2D eigenvalue weighted by Gasteiger charge is -2.26. The Kier molecular flexibility index (Phi) is 6.21. The third-order valence-corrected chi connectivity index (χ3v) is 4.43. The fourth-order valence-electron chi connectivity index (χ4n) is 3.02. The topological polar surface area (TPSA) is 86.0 Å². The van der Waals surface area contributed by atoms with Crippen LogP contribution in [-0.2, 0) is 9.53 Å². The van der Waals surface area contributed by atoms with E-state index in [-0.39, 0.29) is 17.2 Å². The molecule has 2 aromatic carbocycles. The van der Waals surface area contributed by atoms with Crippen molar-refractivity contribution in [1.82, 2.24) is 0 Å². The lowest BCUT2D eigenvalue weighted by Crippen LogP contribution is -2.36. The molecule has 0 radical (unpaired) electrons. The van der Waals surface area contributed by atoms with E-state index in [0.29, 0.717) is 23.5 Å². The molecular weight excluding hydrogens is 392 g/mol. The minimum absolute atomic E-state index is 0.0573. The highest BCUT2D eigenvalue weighted by molar-refractivity contribution is 6.37. The molecule has 31 heavy (non-hydrogen) atoms. The molecule has 7 nitrogen and oxygen atoms in total. The summed E-state index contributed by atoms with van der Waals surface area (Å²) in [7, 11) is 0. The monoisotopic (exact) mass is 416 g/mol. The van der Waals surface area contributed by atoms with Gasteiger partial charge in [-0.25, -0.2) is 4.79 Å². The summed E-state index contributed by atoms with van der Waals surface area (Å²) in [6, 6.07) is 18.1. The van der Waals surface area contributed by atoms with Crippen LogP contribution in [0.3, 0.4) is 0 Å². The molecule has 158 valence electrons. The van der Waals surface area contributed by atoms with Crippen LogP contribution in [-0.4, -0.2) is 29.9 Å². The molecule has 0 spiro atoms. The molecule has 0 atom stereocenters. The first-order valence-electron chi connectivity index (χ1n) is 9.94. The number of anilines is 2. The number of rotatable bonds is 4. The zero-order valence-corrected chi connectivity index (χ0v) is 18.0. The van der Waals surface area contributed by atoms with Gasteiger partial charge in [-0.05, 0) is 63.6 Å². The fraction of sp³-hybridized carbons (Fsp3) is 0.250. The van der Waals surface area contributed by atoms with Gasteiger partial charge in [-0.2, -0.15) is 15.4 Å². The number of para-hydroxylation sites is 1. The van der Waals surface area contributed by atoms with Gasteiger partial charge in [0.25, 0.3) is 5.91 Å². The summed E-state index contributed by atoms with van der Waals surface area (Å²) in [6.07, 6.45) is 1.20. The van der Waals surface area contributed by atoms with Crippen molar-refractivity contribution in [3.05, 3.63) is 65.7 Å². The second-order valence-corrected chi connectivity index (χ2v) is 7.89.